The van der Waals surface area contributed by atoms with Crippen molar-refractivity contribution in [2.24, 2.45) is 11.0 Å². The second-order valence-electron chi connectivity index (χ2n) is 15.9. The number of hydrogen-bond acceptors (Lipinski definition) is 7. The number of fused-ring (bicyclic) bond motifs is 3. The van der Waals surface area contributed by atoms with Crippen molar-refractivity contribution in [1.29, 1.82) is 0 Å². The molecule has 4 aromatic carbocycles. The Morgan fingerprint density at radius 1 is 0.982 bits per heavy atom. The molecule has 4 heterocycles. The molecule has 56 heavy (non-hydrogen) atoms. The smallest absolute Gasteiger partial charge is 0.264 e. The summed E-state index contributed by atoms with van der Waals surface area (Å²) in [6.07, 6.45) is 0.446. The SMILES string of the molecule is COc1ccc2c(c1)[C@]1(O[C@@H](CC(=O)N3Cc4ccccc4C[C@H]3CO)[C@H]([Si](C)(C)F)[C@H]1C)C(=O)N2Cc1ccc(N2N=C(c3ccccc3)CCC2=O)cc1. The lowest BCUT2D eigenvalue weighted by Gasteiger charge is -2.37. The molecule has 0 aromatic heterocycles. The van der Waals surface area contributed by atoms with E-state index >= 15 is 8.90 Å². The maximum Gasteiger partial charge on any atom is 0.264 e. The zero-order valence-corrected chi connectivity index (χ0v) is 33.2. The highest BCUT2D eigenvalue weighted by Gasteiger charge is 2.67. The van der Waals surface area contributed by atoms with Crippen LogP contribution in [0.25, 0.3) is 0 Å². The van der Waals surface area contributed by atoms with E-state index in [1.54, 1.807) is 42.1 Å². The summed E-state index contributed by atoms with van der Waals surface area (Å²) in [5.41, 5.74) is 4.35. The molecular formula is C44H47FN4O6Si. The summed E-state index contributed by atoms with van der Waals surface area (Å²) in [6, 6.07) is 30.1. The molecule has 1 spiro atoms. The molecule has 0 radical (unpaired) electrons. The number of rotatable bonds is 9. The van der Waals surface area contributed by atoms with Gasteiger partial charge in [0.1, 0.15) is 5.75 Å². The highest BCUT2D eigenvalue weighted by molar-refractivity contribution is 6.72. The third-order valence-electron chi connectivity index (χ3n) is 12.1. The van der Waals surface area contributed by atoms with Crippen molar-refractivity contribution in [3.05, 3.63) is 125 Å². The summed E-state index contributed by atoms with van der Waals surface area (Å²) >= 11 is 0. The lowest BCUT2D eigenvalue weighted by atomic mass is 9.82. The minimum atomic E-state index is -3.56. The minimum Gasteiger partial charge on any atom is -0.497 e. The molecule has 12 heteroatoms. The van der Waals surface area contributed by atoms with Gasteiger partial charge in [-0.3, -0.25) is 14.4 Å². The molecule has 5 atom stereocenters. The predicted molar refractivity (Wildman–Crippen MR) is 215 cm³/mol. The molecule has 4 aromatic rings. The van der Waals surface area contributed by atoms with E-state index in [2.05, 4.69) is 0 Å². The number of anilines is 2. The van der Waals surface area contributed by atoms with Crippen LogP contribution in [0, 0.1) is 5.92 Å². The monoisotopic (exact) mass is 774 g/mol. The summed E-state index contributed by atoms with van der Waals surface area (Å²) in [5, 5.41) is 16.5. The van der Waals surface area contributed by atoms with Crippen LogP contribution in [0.1, 0.15) is 54.0 Å². The Balaban J connectivity index is 1.09. The fourth-order valence-electron chi connectivity index (χ4n) is 9.36. The van der Waals surface area contributed by atoms with Crippen LogP contribution in [0.5, 0.6) is 5.75 Å². The Kier molecular flexibility index (Phi) is 9.92. The molecular weight excluding hydrogens is 728 g/mol. The van der Waals surface area contributed by atoms with E-state index in [1.165, 1.54) is 5.01 Å². The first kappa shape index (κ1) is 37.7. The van der Waals surface area contributed by atoms with Crippen LogP contribution in [0.2, 0.25) is 18.6 Å². The van der Waals surface area contributed by atoms with Gasteiger partial charge in [-0.05, 0) is 72.1 Å². The topological polar surface area (TPSA) is 112 Å². The Labute approximate surface area is 327 Å². The minimum absolute atomic E-state index is 0.0942. The highest BCUT2D eigenvalue weighted by atomic mass is 28.4. The number of hydrogen-bond donors (Lipinski definition) is 1. The zero-order chi connectivity index (χ0) is 39.4. The van der Waals surface area contributed by atoms with E-state index in [9.17, 15) is 14.7 Å². The molecule has 0 saturated carbocycles. The second-order valence-corrected chi connectivity index (χ2v) is 19.7. The number of carbonyl (C=O) groups is 3. The molecule has 1 N–H and O–H groups in total. The molecule has 1 saturated heterocycles. The number of methoxy groups -OCH3 is 1. The Bertz CT molecular complexity index is 2190. The number of amides is 3. The first-order valence-corrected chi connectivity index (χ1v) is 22.3. The van der Waals surface area contributed by atoms with Gasteiger partial charge in [0.2, 0.25) is 20.2 Å². The largest absolute Gasteiger partial charge is 0.497 e. The van der Waals surface area contributed by atoms with Crippen LogP contribution in [0.15, 0.2) is 102 Å². The third-order valence-corrected chi connectivity index (χ3v) is 14.5. The number of aliphatic hydroxyl groups is 1. The van der Waals surface area contributed by atoms with E-state index in [0.29, 0.717) is 48.5 Å². The summed E-state index contributed by atoms with van der Waals surface area (Å²) in [5.74, 6) is -0.723. The first-order valence-electron chi connectivity index (χ1n) is 19.3. The van der Waals surface area contributed by atoms with Crippen molar-refractivity contribution >= 4 is 43.2 Å². The van der Waals surface area contributed by atoms with E-state index < -0.39 is 37.6 Å². The Morgan fingerprint density at radius 2 is 1.70 bits per heavy atom. The van der Waals surface area contributed by atoms with E-state index in [1.807, 2.05) is 91.9 Å². The molecule has 8 rings (SSSR count). The predicted octanol–water partition coefficient (Wildman–Crippen LogP) is 6.88. The van der Waals surface area contributed by atoms with E-state index in [-0.39, 0.29) is 37.3 Å². The summed E-state index contributed by atoms with van der Waals surface area (Å²) in [6.45, 7) is 5.44. The molecule has 10 nitrogen and oxygen atoms in total. The van der Waals surface area contributed by atoms with Crippen LogP contribution >= 0.6 is 0 Å². The van der Waals surface area contributed by atoms with Crippen LogP contribution in [-0.4, -0.2) is 67.7 Å². The number of hydrazone groups is 1. The van der Waals surface area contributed by atoms with Gasteiger partial charge in [-0.25, -0.2) is 5.01 Å². The van der Waals surface area contributed by atoms with Gasteiger partial charge < -0.3 is 28.5 Å². The van der Waals surface area contributed by atoms with E-state index in [4.69, 9.17) is 14.6 Å². The van der Waals surface area contributed by atoms with Gasteiger partial charge in [-0.2, -0.15) is 5.10 Å². The molecule has 290 valence electrons. The first-order chi connectivity index (χ1) is 26.9. The highest BCUT2D eigenvalue weighted by Crippen LogP contribution is 2.61. The lowest BCUT2D eigenvalue weighted by Crippen LogP contribution is -2.48. The molecule has 1 fully saturated rings. The molecule has 4 aliphatic heterocycles. The van der Waals surface area contributed by atoms with E-state index in [0.717, 1.165) is 28.0 Å². The number of halogens is 1. The van der Waals surface area contributed by atoms with Gasteiger partial charge in [0.05, 0.1) is 55.9 Å². The maximum atomic E-state index is 16.6. The van der Waals surface area contributed by atoms with Crippen molar-refractivity contribution in [3.63, 3.8) is 0 Å². The summed E-state index contributed by atoms with van der Waals surface area (Å²) in [7, 11) is -2.00. The Hall–Kier alpha value is -5.17. The van der Waals surface area contributed by atoms with Crippen molar-refractivity contribution in [1.82, 2.24) is 4.90 Å². The molecule has 0 bridgehead atoms. The van der Waals surface area contributed by atoms with Gasteiger partial charge in [-0.1, -0.05) is 73.7 Å². The molecule has 0 aliphatic carbocycles. The van der Waals surface area contributed by atoms with Crippen LogP contribution < -0.4 is 14.6 Å². The maximum absolute atomic E-state index is 16.6. The van der Waals surface area contributed by atoms with Crippen molar-refractivity contribution in [2.75, 3.05) is 23.6 Å². The quantitative estimate of drug-likeness (QED) is 0.147. The molecule has 4 aliphatic rings. The number of aliphatic hydroxyl groups excluding tert-OH is 1. The zero-order valence-electron chi connectivity index (χ0n) is 32.2. The lowest BCUT2D eigenvalue weighted by molar-refractivity contribution is -0.151. The normalized spacial score (nSPS) is 24.7. The number of nitrogens with zero attached hydrogens (tertiary/aromatic N) is 4. The Morgan fingerprint density at radius 3 is 2.39 bits per heavy atom. The molecule has 0 unspecified atom stereocenters. The van der Waals surface area contributed by atoms with Gasteiger partial charge in [0.25, 0.3) is 5.91 Å². The fraction of sp³-hybridized carbons (Fsp3) is 0.364. The van der Waals surface area contributed by atoms with Gasteiger partial charge in [-0.15, -0.1) is 0 Å². The van der Waals surface area contributed by atoms with Crippen LogP contribution in [0.4, 0.5) is 15.5 Å². The van der Waals surface area contributed by atoms with Crippen molar-refractivity contribution in [2.45, 2.75) is 82.1 Å². The summed E-state index contributed by atoms with van der Waals surface area (Å²) in [4.78, 5) is 45.5. The van der Waals surface area contributed by atoms with Gasteiger partial charge in [0, 0.05) is 36.4 Å². The fourth-order valence-corrected chi connectivity index (χ4v) is 11.9. The average Bonchev–Trinajstić information content (AvgIpc) is 3.63. The van der Waals surface area contributed by atoms with Crippen LogP contribution in [-0.2, 0) is 44.2 Å². The van der Waals surface area contributed by atoms with Gasteiger partial charge in [0.15, 0.2) is 5.60 Å². The summed E-state index contributed by atoms with van der Waals surface area (Å²) < 4.78 is 29.1. The van der Waals surface area contributed by atoms with Gasteiger partial charge >= 0.3 is 0 Å². The standard InChI is InChI=1S/C44H47FN4O6Si/c1-28-42(56(3,4)45)39(24-41(52)47-26-32-13-9-8-12-31(32)22-34(47)27-50)55-44(28)36-23-35(54-2)18-20-38(36)48(43(44)53)25-29-14-16-33(17-15-29)49-40(51)21-19-37(46-49)30-10-6-5-7-11-30/h5-18,20,23,28,34,39,42,50H,19,21-22,24-27H2,1-4H3/t28-,34+,39+,42-,44+/m1/s1. The number of carbonyl (C=O) groups excluding carboxylic acids is 3. The number of benzene rings is 4. The molecule has 3 amide bonds. The third kappa shape index (κ3) is 6.53. The average molecular weight is 775 g/mol. The second kappa shape index (κ2) is 14.7. The van der Waals surface area contributed by atoms with Crippen molar-refractivity contribution in [3.8, 4) is 5.75 Å². The number of ether oxygens (including phenoxy) is 2. The van der Waals surface area contributed by atoms with Crippen LogP contribution in [0.3, 0.4) is 0 Å². The van der Waals surface area contributed by atoms with Crippen molar-refractivity contribution < 1.29 is 33.1 Å².